The zero-order chi connectivity index (χ0) is 20.5. The summed E-state index contributed by atoms with van der Waals surface area (Å²) in [6.45, 7) is 6.51. The molecule has 154 valence electrons. The van der Waals surface area contributed by atoms with Gasteiger partial charge in [-0.2, -0.15) is 5.26 Å². The number of nitriles is 1. The van der Waals surface area contributed by atoms with Gasteiger partial charge >= 0.3 is 0 Å². The number of carbonyl (C=O) groups is 1. The fourth-order valence-electron chi connectivity index (χ4n) is 4.64. The quantitative estimate of drug-likeness (QED) is 0.732. The summed E-state index contributed by atoms with van der Waals surface area (Å²) in [6, 6.07) is 5.15. The second-order valence-corrected chi connectivity index (χ2v) is 8.78. The van der Waals surface area contributed by atoms with Crippen molar-refractivity contribution in [3.05, 3.63) is 22.5 Å². The number of aromatic nitrogens is 1. The third kappa shape index (κ3) is 3.99. The normalized spacial score (nSPS) is 22.8. The van der Waals surface area contributed by atoms with Crippen LogP contribution in [-0.4, -0.2) is 58.5 Å². The summed E-state index contributed by atoms with van der Waals surface area (Å²) in [7, 11) is 0. The number of nitrogens with zero attached hydrogens (tertiary/aromatic N) is 4. The first kappa shape index (κ1) is 20.2. The number of rotatable bonds is 5. The average molecular weight is 460 g/mol. The Morgan fingerprint density at radius 2 is 2.14 bits per heavy atom. The largest absolute Gasteiger partial charge is 0.444 e. The fraction of sp³-hybridized carbons (Fsp3) is 0.571. The van der Waals surface area contributed by atoms with E-state index in [1.165, 1.54) is 0 Å². The van der Waals surface area contributed by atoms with E-state index in [9.17, 15) is 4.79 Å². The van der Waals surface area contributed by atoms with Gasteiger partial charge in [-0.3, -0.25) is 9.69 Å². The van der Waals surface area contributed by atoms with Crippen LogP contribution in [0.1, 0.15) is 45.3 Å². The van der Waals surface area contributed by atoms with Gasteiger partial charge in [0, 0.05) is 50.1 Å². The smallest absolute Gasteiger partial charge is 0.219 e. The lowest BCUT2D eigenvalue weighted by molar-refractivity contribution is -0.135. The summed E-state index contributed by atoms with van der Waals surface area (Å²) in [5.74, 6) is 1.27. The fourth-order valence-corrected chi connectivity index (χ4v) is 5.16. The van der Waals surface area contributed by atoms with E-state index >= 15 is 0 Å². The molecule has 7 nitrogen and oxygen atoms in total. The number of fused-ring (bicyclic) bond motifs is 1. The number of hydrogen-bond acceptors (Lipinski definition) is 6. The minimum Gasteiger partial charge on any atom is -0.444 e. The molecule has 1 saturated heterocycles. The lowest BCUT2D eigenvalue weighted by Crippen LogP contribution is -2.63. The summed E-state index contributed by atoms with van der Waals surface area (Å²) in [6.07, 6.45) is 6.17. The summed E-state index contributed by atoms with van der Waals surface area (Å²) in [5, 5.41) is 13.5. The molecule has 8 heteroatoms. The first-order chi connectivity index (χ1) is 14.0. The van der Waals surface area contributed by atoms with E-state index in [0.29, 0.717) is 29.5 Å². The molecular formula is C21H26BrN5O2. The highest BCUT2D eigenvalue weighted by atomic mass is 79.9. The molecule has 1 aliphatic carbocycles. The Kier molecular flexibility index (Phi) is 5.79. The Labute approximate surface area is 179 Å². The third-order valence-corrected chi connectivity index (χ3v) is 7.06. The number of furan rings is 1. The molecule has 2 aromatic heterocycles. The maximum Gasteiger partial charge on any atom is 0.219 e. The highest BCUT2D eigenvalue weighted by Gasteiger charge is 2.37. The Bertz CT molecular complexity index is 938. The zero-order valence-corrected chi connectivity index (χ0v) is 18.4. The maximum atomic E-state index is 11.7. The first-order valence-corrected chi connectivity index (χ1v) is 11.0. The molecule has 1 amide bonds. The van der Waals surface area contributed by atoms with E-state index in [2.05, 4.69) is 38.1 Å². The zero-order valence-electron chi connectivity index (χ0n) is 16.8. The van der Waals surface area contributed by atoms with Gasteiger partial charge in [0.2, 0.25) is 11.7 Å². The predicted octanol–water partition coefficient (Wildman–Crippen LogP) is 3.74. The molecule has 0 radical (unpaired) electrons. The van der Waals surface area contributed by atoms with Gasteiger partial charge in [0.05, 0.1) is 16.7 Å². The molecular weight excluding hydrogens is 434 g/mol. The molecule has 1 N–H and O–H groups in total. The lowest BCUT2D eigenvalue weighted by atomic mass is 9.87. The molecule has 4 rings (SSSR count). The molecule has 1 aliphatic heterocycles. The van der Waals surface area contributed by atoms with Gasteiger partial charge in [-0.05, 0) is 48.5 Å². The highest BCUT2D eigenvalue weighted by molar-refractivity contribution is 9.10. The van der Waals surface area contributed by atoms with E-state index in [1.807, 2.05) is 11.0 Å². The van der Waals surface area contributed by atoms with Gasteiger partial charge < -0.3 is 14.6 Å². The van der Waals surface area contributed by atoms with Gasteiger partial charge in [0.15, 0.2) is 5.58 Å². The standard InChI is InChI=1S/C21H26BrN5O2/c1-3-27(13(2)28)16-11-26(12-16)15-6-4-14(5-7-15)25-21-20(22)18-8-17(9-23)29-19(18)10-24-21/h8,10,14-16H,3-7,11-12H2,1-2H3,(H,24,25). The molecule has 0 spiro atoms. The minimum absolute atomic E-state index is 0.180. The van der Waals surface area contributed by atoms with Crippen molar-refractivity contribution in [2.75, 3.05) is 25.0 Å². The van der Waals surface area contributed by atoms with Crippen LogP contribution < -0.4 is 5.32 Å². The lowest BCUT2D eigenvalue weighted by Gasteiger charge is -2.50. The number of likely N-dealkylation sites (N-methyl/N-ethyl adjacent to an activating group) is 1. The molecule has 29 heavy (non-hydrogen) atoms. The number of amides is 1. The van der Waals surface area contributed by atoms with Crippen molar-refractivity contribution in [3.63, 3.8) is 0 Å². The van der Waals surface area contributed by atoms with Crippen molar-refractivity contribution < 1.29 is 9.21 Å². The van der Waals surface area contributed by atoms with Crippen LogP contribution in [0.25, 0.3) is 11.0 Å². The van der Waals surface area contributed by atoms with Crippen molar-refractivity contribution >= 4 is 38.6 Å². The van der Waals surface area contributed by atoms with E-state index in [4.69, 9.17) is 9.68 Å². The van der Waals surface area contributed by atoms with Crippen LogP contribution in [0, 0.1) is 11.3 Å². The second kappa shape index (κ2) is 8.33. The van der Waals surface area contributed by atoms with Gasteiger partial charge in [0.1, 0.15) is 11.9 Å². The van der Waals surface area contributed by atoms with Gasteiger partial charge in [-0.25, -0.2) is 4.98 Å². The average Bonchev–Trinajstić information content (AvgIpc) is 3.11. The molecule has 1 saturated carbocycles. The maximum absolute atomic E-state index is 11.7. The molecule has 0 atom stereocenters. The number of carbonyl (C=O) groups excluding carboxylic acids is 1. The Morgan fingerprint density at radius 1 is 1.41 bits per heavy atom. The van der Waals surface area contributed by atoms with Crippen LogP contribution in [0.2, 0.25) is 0 Å². The van der Waals surface area contributed by atoms with Crippen molar-refractivity contribution in [2.45, 2.75) is 57.7 Å². The van der Waals surface area contributed by atoms with Crippen molar-refractivity contribution in [3.8, 4) is 6.07 Å². The van der Waals surface area contributed by atoms with Crippen molar-refractivity contribution in [1.82, 2.24) is 14.8 Å². The number of nitrogens with one attached hydrogen (secondary N) is 1. The Hall–Kier alpha value is -2.11. The van der Waals surface area contributed by atoms with Crippen molar-refractivity contribution in [1.29, 1.82) is 5.26 Å². The molecule has 2 aliphatic rings. The van der Waals surface area contributed by atoms with Gasteiger partial charge in [-0.15, -0.1) is 0 Å². The Morgan fingerprint density at radius 3 is 2.76 bits per heavy atom. The van der Waals surface area contributed by atoms with Crippen LogP contribution in [-0.2, 0) is 4.79 Å². The molecule has 3 heterocycles. The summed E-state index contributed by atoms with van der Waals surface area (Å²) in [5.41, 5.74) is 0.613. The second-order valence-electron chi connectivity index (χ2n) is 7.98. The van der Waals surface area contributed by atoms with Gasteiger partial charge in [0.25, 0.3) is 0 Å². The van der Waals surface area contributed by atoms with Crippen molar-refractivity contribution in [2.24, 2.45) is 0 Å². The third-order valence-electron chi connectivity index (χ3n) is 6.26. The number of likely N-dealkylation sites (tertiary alicyclic amines) is 1. The van der Waals surface area contributed by atoms with E-state index < -0.39 is 0 Å². The van der Waals surface area contributed by atoms with Crippen LogP contribution in [0.5, 0.6) is 0 Å². The molecule has 0 unspecified atom stereocenters. The molecule has 0 bridgehead atoms. The van der Waals surface area contributed by atoms with E-state index in [-0.39, 0.29) is 5.91 Å². The minimum atomic E-state index is 0.180. The van der Waals surface area contributed by atoms with Crippen LogP contribution in [0.3, 0.4) is 0 Å². The van der Waals surface area contributed by atoms with Gasteiger partial charge in [-0.1, -0.05) is 0 Å². The summed E-state index contributed by atoms with van der Waals surface area (Å²) in [4.78, 5) is 20.7. The van der Waals surface area contributed by atoms with Crippen LogP contribution in [0.4, 0.5) is 5.82 Å². The topological polar surface area (TPSA) is 85.4 Å². The number of halogens is 1. The van der Waals surface area contributed by atoms with E-state index in [1.54, 1.807) is 19.2 Å². The van der Waals surface area contributed by atoms with Crippen LogP contribution in [0.15, 0.2) is 21.2 Å². The summed E-state index contributed by atoms with van der Waals surface area (Å²) < 4.78 is 6.28. The molecule has 2 fully saturated rings. The number of pyridine rings is 1. The SMILES string of the molecule is CCN(C(C)=O)C1CN(C2CCC(Nc3ncc4oc(C#N)cc4c3Br)CC2)C1. The summed E-state index contributed by atoms with van der Waals surface area (Å²) >= 11 is 3.61. The Balaban J connectivity index is 1.31. The van der Waals surface area contributed by atoms with E-state index in [0.717, 1.165) is 61.0 Å². The van der Waals surface area contributed by atoms with Crippen LogP contribution >= 0.6 is 15.9 Å². The number of hydrogen-bond donors (Lipinski definition) is 1. The molecule has 2 aromatic rings. The predicted molar refractivity (Wildman–Crippen MR) is 115 cm³/mol. The first-order valence-electron chi connectivity index (χ1n) is 10.3. The number of anilines is 1. The monoisotopic (exact) mass is 459 g/mol. The highest BCUT2D eigenvalue weighted by Crippen LogP contribution is 2.34. The molecule has 0 aromatic carbocycles.